The van der Waals surface area contributed by atoms with Gasteiger partial charge in [-0.3, -0.25) is 0 Å². The number of nitrogens with zero attached hydrogens (tertiary/aromatic N) is 2. The molecule has 0 unspecified atom stereocenters. The molecule has 0 saturated carbocycles. The van der Waals surface area contributed by atoms with Crippen molar-refractivity contribution in [1.29, 1.82) is 0 Å². The van der Waals surface area contributed by atoms with E-state index >= 15 is 0 Å². The van der Waals surface area contributed by atoms with Gasteiger partial charge in [0.1, 0.15) is 11.9 Å². The maximum Gasteiger partial charge on any atom is 0.207 e. The van der Waals surface area contributed by atoms with Crippen LogP contribution in [0, 0.1) is 6.92 Å². The second-order valence-corrected chi connectivity index (χ2v) is 9.05. The van der Waals surface area contributed by atoms with Crippen molar-refractivity contribution in [3.63, 3.8) is 0 Å². The first kappa shape index (κ1) is 23.8. The van der Waals surface area contributed by atoms with Gasteiger partial charge in [0.05, 0.1) is 49.3 Å². The maximum absolute atomic E-state index is 6.51. The lowest BCUT2D eigenvalue weighted by atomic mass is 10.0. The Morgan fingerprint density at radius 3 is 2.72 bits per heavy atom. The van der Waals surface area contributed by atoms with E-state index in [1.807, 2.05) is 31.5 Å². The molecule has 0 radical (unpaired) electrons. The number of benzene rings is 2. The molecule has 0 aromatic heterocycles. The Kier molecular flexibility index (Phi) is 7.65. The number of morpholine rings is 1. The summed E-state index contributed by atoms with van der Waals surface area (Å²) in [6, 6.07) is 9.18. The summed E-state index contributed by atoms with van der Waals surface area (Å²) in [6.45, 7) is 5.47. The van der Waals surface area contributed by atoms with Gasteiger partial charge in [-0.05, 0) is 36.8 Å². The monoisotopic (exact) mass is 542 g/mol. The normalized spacial score (nSPS) is 23.8. The van der Waals surface area contributed by atoms with Crippen LogP contribution in [0.5, 0.6) is 5.75 Å². The second-order valence-electron chi connectivity index (χ2n) is 7.65. The third-order valence-corrected chi connectivity index (χ3v) is 7.00. The highest BCUT2D eigenvalue weighted by Gasteiger charge is 2.45. The van der Waals surface area contributed by atoms with E-state index in [9.17, 15) is 0 Å². The van der Waals surface area contributed by atoms with E-state index in [4.69, 9.17) is 47.1 Å². The molecule has 6 nitrogen and oxygen atoms in total. The number of rotatable bonds is 6. The third-order valence-electron chi connectivity index (χ3n) is 5.71. The summed E-state index contributed by atoms with van der Waals surface area (Å²) in [5.41, 5.74) is 3.48. The number of hydrogen-bond acceptors (Lipinski definition) is 5. The molecule has 0 bridgehead atoms. The van der Waals surface area contributed by atoms with Gasteiger partial charge in [-0.25, -0.2) is 4.99 Å². The summed E-state index contributed by atoms with van der Waals surface area (Å²) in [5.74, 6) is -0.300. The molecule has 2 atom stereocenters. The molecule has 0 aliphatic carbocycles. The molecule has 0 spiro atoms. The summed E-state index contributed by atoms with van der Waals surface area (Å²) in [5, 5.41) is 1.46. The average molecular weight is 544 g/mol. The highest BCUT2D eigenvalue weighted by Crippen LogP contribution is 2.47. The van der Waals surface area contributed by atoms with Crippen molar-refractivity contribution < 1.29 is 18.9 Å². The van der Waals surface area contributed by atoms with Gasteiger partial charge in [-0.2, -0.15) is 0 Å². The van der Waals surface area contributed by atoms with E-state index in [-0.39, 0.29) is 6.10 Å². The van der Waals surface area contributed by atoms with Crippen molar-refractivity contribution >= 4 is 51.2 Å². The first-order valence-corrected chi connectivity index (χ1v) is 12.2. The third kappa shape index (κ3) is 4.79. The van der Waals surface area contributed by atoms with Crippen molar-refractivity contribution in [2.45, 2.75) is 18.8 Å². The van der Waals surface area contributed by atoms with E-state index in [1.54, 1.807) is 19.2 Å². The fraction of sp³-hybridized carbons (Fsp3) is 0.435. The molecule has 2 aromatic carbocycles. The summed E-state index contributed by atoms with van der Waals surface area (Å²) < 4.78 is 23.8. The van der Waals surface area contributed by atoms with Crippen molar-refractivity contribution in [1.82, 2.24) is 4.90 Å². The highest BCUT2D eigenvalue weighted by atomic mass is 79.9. The molecule has 0 N–H and O–H groups in total. The Morgan fingerprint density at radius 2 is 2.03 bits per heavy atom. The van der Waals surface area contributed by atoms with Crippen LogP contribution < -0.4 is 4.74 Å². The van der Waals surface area contributed by atoms with Crippen LogP contribution in [-0.2, 0) is 20.0 Å². The molecule has 0 amide bonds. The van der Waals surface area contributed by atoms with Crippen LogP contribution in [0.25, 0.3) is 0 Å². The molecule has 2 fully saturated rings. The summed E-state index contributed by atoms with van der Waals surface area (Å²) in [4.78, 5) is 6.88. The van der Waals surface area contributed by atoms with Gasteiger partial charge < -0.3 is 23.8 Å². The zero-order chi connectivity index (χ0) is 22.7. The molecular formula is C23H25BrCl2N2O4. The number of hydrogen-bond donors (Lipinski definition) is 0. The summed E-state index contributed by atoms with van der Waals surface area (Å²) in [6.07, 6.45) is 1.52. The first-order chi connectivity index (χ1) is 15.5. The molecule has 9 heteroatoms. The first-order valence-electron chi connectivity index (χ1n) is 10.3. The lowest BCUT2D eigenvalue weighted by Gasteiger charge is -2.28. The summed E-state index contributed by atoms with van der Waals surface area (Å²) in [7, 11) is 1.65. The van der Waals surface area contributed by atoms with Crippen LogP contribution in [0.2, 0.25) is 10.0 Å². The molecular weight excluding hydrogens is 519 g/mol. The lowest BCUT2D eigenvalue weighted by molar-refractivity contribution is -0.157. The number of methoxy groups -OCH3 is 1. The molecule has 2 aliphatic rings. The molecule has 172 valence electrons. The van der Waals surface area contributed by atoms with Gasteiger partial charge >= 0.3 is 0 Å². The smallest absolute Gasteiger partial charge is 0.207 e. The van der Waals surface area contributed by atoms with E-state index in [1.165, 1.54) is 0 Å². The van der Waals surface area contributed by atoms with Gasteiger partial charge in [0.25, 0.3) is 0 Å². The van der Waals surface area contributed by atoms with Crippen LogP contribution in [-0.4, -0.2) is 56.6 Å². The minimum Gasteiger partial charge on any atom is -0.496 e. The zero-order valence-corrected chi connectivity index (χ0v) is 21.0. The van der Waals surface area contributed by atoms with Gasteiger partial charge in [-0.1, -0.05) is 45.2 Å². The maximum atomic E-state index is 6.51. The van der Waals surface area contributed by atoms with Crippen LogP contribution >= 0.6 is 39.1 Å². The van der Waals surface area contributed by atoms with Crippen molar-refractivity contribution in [3.8, 4) is 5.75 Å². The van der Waals surface area contributed by atoms with E-state index in [0.717, 1.165) is 41.2 Å². The van der Waals surface area contributed by atoms with Crippen molar-refractivity contribution in [2.24, 2.45) is 4.99 Å². The SMILES string of the molecule is COc1ccc(N=CN2CCOCC2)c(C)c1[C@@H]1CO[C@](CBr)(c2ccc(Cl)cc2Cl)O1. The number of ether oxygens (including phenoxy) is 4. The Balaban J connectivity index is 1.64. The largest absolute Gasteiger partial charge is 0.496 e. The second kappa shape index (κ2) is 10.3. The zero-order valence-electron chi connectivity index (χ0n) is 17.9. The van der Waals surface area contributed by atoms with E-state index in [0.29, 0.717) is 35.2 Å². The number of halogens is 3. The van der Waals surface area contributed by atoms with E-state index in [2.05, 4.69) is 20.8 Å². The van der Waals surface area contributed by atoms with Crippen molar-refractivity contribution in [2.75, 3.05) is 45.4 Å². The molecule has 2 aliphatic heterocycles. The molecule has 32 heavy (non-hydrogen) atoms. The standard InChI is InChI=1S/C23H25BrCl2N2O4/c1-15-19(27-14-28-7-9-30-10-8-28)5-6-20(29-2)22(15)21-12-31-23(13-24,32-21)17-4-3-16(25)11-18(17)26/h3-6,11,14,21H,7-10,12-13H2,1-2H3/t21-,23-/m0/s1. The topological polar surface area (TPSA) is 52.5 Å². The minimum absolute atomic E-state index is 0.346. The molecule has 2 aromatic rings. The quantitative estimate of drug-likeness (QED) is 0.268. The van der Waals surface area contributed by atoms with Crippen LogP contribution in [0.1, 0.15) is 22.8 Å². The number of aliphatic imine (C=N–C) groups is 1. The van der Waals surface area contributed by atoms with Gasteiger partial charge in [0.2, 0.25) is 5.79 Å². The predicted molar refractivity (Wildman–Crippen MR) is 130 cm³/mol. The molecule has 2 heterocycles. The Labute approximate surface area is 206 Å². The molecule has 2 saturated heterocycles. The van der Waals surface area contributed by atoms with Gasteiger partial charge in [0.15, 0.2) is 0 Å². The Morgan fingerprint density at radius 1 is 1.25 bits per heavy atom. The van der Waals surface area contributed by atoms with Crippen LogP contribution in [0.4, 0.5) is 5.69 Å². The Bertz CT molecular complexity index is 1000. The van der Waals surface area contributed by atoms with Gasteiger partial charge in [-0.15, -0.1) is 0 Å². The summed E-state index contributed by atoms with van der Waals surface area (Å²) >= 11 is 16.1. The van der Waals surface area contributed by atoms with Gasteiger partial charge in [0, 0.05) is 29.2 Å². The average Bonchev–Trinajstić information content (AvgIpc) is 3.23. The highest BCUT2D eigenvalue weighted by molar-refractivity contribution is 9.09. The van der Waals surface area contributed by atoms with Crippen molar-refractivity contribution in [3.05, 3.63) is 57.1 Å². The van der Waals surface area contributed by atoms with Crippen LogP contribution in [0.3, 0.4) is 0 Å². The molecule has 4 rings (SSSR count). The fourth-order valence-corrected chi connectivity index (χ4v) is 5.13. The fourth-order valence-electron chi connectivity index (χ4n) is 3.98. The number of alkyl halides is 1. The van der Waals surface area contributed by atoms with E-state index < -0.39 is 5.79 Å². The predicted octanol–water partition coefficient (Wildman–Crippen LogP) is 5.64. The Hall–Kier alpha value is -1.35. The van der Waals surface area contributed by atoms with Crippen LogP contribution in [0.15, 0.2) is 35.3 Å². The lowest BCUT2D eigenvalue weighted by Crippen LogP contribution is -2.35. The minimum atomic E-state index is -1.03.